The van der Waals surface area contributed by atoms with Crippen LogP contribution in [0.1, 0.15) is 66.0 Å². The van der Waals surface area contributed by atoms with Gasteiger partial charge in [0.05, 0.1) is 18.2 Å². The number of carboxylic acids is 1. The Balaban J connectivity index is 1.86. The third kappa shape index (κ3) is 7.54. The summed E-state index contributed by atoms with van der Waals surface area (Å²) in [5.74, 6) is 5.74. The molecular formula is C29H37N3O5. The highest BCUT2D eigenvalue weighted by Gasteiger charge is 2.34. The maximum Gasteiger partial charge on any atom is 0.335 e. The molecule has 2 N–H and O–H groups in total. The highest BCUT2D eigenvalue weighted by atomic mass is 16.5. The van der Waals surface area contributed by atoms with E-state index in [2.05, 4.69) is 35.6 Å². The molecule has 2 heterocycles. The second kappa shape index (κ2) is 12.7. The number of carbonyl (C=O) groups is 2. The van der Waals surface area contributed by atoms with Gasteiger partial charge in [-0.2, -0.15) is 0 Å². The van der Waals surface area contributed by atoms with Gasteiger partial charge >= 0.3 is 5.97 Å². The van der Waals surface area contributed by atoms with E-state index in [4.69, 9.17) is 9.84 Å². The van der Waals surface area contributed by atoms with Crippen LogP contribution in [0.5, 0.6) is 5.88 Å². The molecule has 1 aromatic heterocycles. The Hall–Kier alpha value is -3.41. The summed E-state index contributed by atoms with van der Waals surface area (Å²) >= 11 is 0. The van der Waals surface area contributed by atoms with E-state index in [1.54, 1.807) is 29.3 Å². The first kappa shape index (κ1) is 28.2. The van der Waals surface area contributed by atoms with Crippen molar-refractivity contribution in [3.8, 4) is 17.7 Å². The third-order valence-corrected chi connectivity index (χ3v) is 6.41. The molecule has 0 aliphatic carbocycles. The van der Waals surface area contributed by atoms with E-state index in [9.17, 15) is 14.7 Å². The molecule has 2 aromatic rings. The standard InChI is InChI=1S/C29H37N3O5/c1-19(2)7-6-8-23-13-25-27(30-14-23)37-26(20(3)15-32(28(25)34)21(4)18-33)17-31(5)16-22-9-11-24(12-10-22)29(35)36/h9-14,19-21,26,33H,7,15-18H2,1-5H3,(H,35,36)/t20-,21-,26-/m0/s1. The van der Waals surface area contributed by atoms with Crippen molar-refractivity contribution in [3.63, 3.8) is 0 Å². The average molecular weight is 508 g/mol. The van der Waals surface area contributed by atoms with Crippen LogP contribution in [-0.2, 0) is 6.54 Å². The van der Waals surface area contributed by atoms with Gasteiger partial charge in [0.15, 0.2) is 0 Å². The van der Waals surface area contributed by atoms with Crippen LogP contribution in [0.15, 0.2) is 36.5 Å². The van der Waals surface area contributed by atoms with E-state index >= 15 is 0 Å². The van der Waals surface area contributed by atoms with E-state index < -0.39 is 5.97 Å². The molecule has 0 fully saturated rings. The number of aromatic carboxylic acids is 1. The first-order valence-corrected chi connectivity index (χ1v) is 12.7. The average Bonchev–Trinajstić information content (AvgIpc) is 2.86. The molecule has 0 spiro atoms. The van der Waals surface area contributed by atoms with Crippen LogP contribution >= 0.6 is 0 Å². The van der Waals surface area contributed by atoms with Gasteiger partial charge in [-0.15, -0.1) is 0 Å². The number of likely N-dealkylation sites (N-methyl/N-ethyl adjacent to an activating group) is 1. The number of carboxylic acid groups (broad SMARTS) is 1. The van der Waals surface area contributed by atoms with Crippen molar-refractivity contribution < 1.29 is 24.5 Å². The summed E-state index contributed by atoms with van der Waals surface area (Å²) in [5, 5.41) is 19.0. The van der Waals surface area contributed by atoms with Crippen LogP contribution < -0.4 is 4.74 Å². The molecule has 8 heteroatoms. The topological polar surface area (TPSA) is 103 Å². The number of pyridine rings is 1. The lowest BCUT2D eigenvalue weighted by Gasteiger charge is -2.37. The van der Waals surface area contributed by atoms with Gasteiger partial charge in [0.2, 0.25) is 5.88 Å². The lowest BCUT2D eigenvalue weighted by molar-refractivity contribution is 0.0325. The summed E-state index contributed by atoms with van der Waals surface area (Å²) < 4.78 is 6.35. The Kier molecular flexibility index (Phi) is 9.67. The molecule has 0 saturated heterocycles. The van der Waals surface area contributed by atoms with Crippen molar-refractivity contribution in [3.05, 3.63) is 58.8 Å². The summed E-state index contributed by atoms with van der Waals surface area (Å²) in [6.45, 7) is 9.50. The molecule has 1 aliphatic rings. The molecular weight excluding hydrogens is 470 g/mol. The van der Waals surface area contributed by atoms with Gasteiger partial charge in [-0.05, 0) is 43.7 Å². The molecule has 0 saturated carbocycles. The number of amides is 1. The number of aliphatic hydroxyl groups is 1. The number of benzene rings is 1. The van der Waals surface area contributed by atoms with E-state index in [1.807, 2.05) is 33.0 Å². The van der Waals surface area contributed by atoms with Gasteiger partial charge in [-0.1, -0.05) is 44.7 Å². The van der Waals surface area contributed by atoms with Gasteiger partial charge in [-0.25, -0.2) is 9.78 Å². The fourth-order valence-corrected chi connectivity index (χ4v) is 4.18. The Morgan fingerprint density at radius 3 is 2.59 bits per heavy atom. The van der Waals surface area contributed by atoms with Crippen molar-refractivity contribution in [2.75, 3.05) is 26.7 Å². The number of aliphatic hydroxyl groups excluding tert-OH is 1. The fourth-order valence-electron chi connectivity index (χ4n) is 4.18. The molecule has 0 bridgehead atoms. The lowest BCUT2D eigenvalue weighted by Crippen LogP contribution is -2.49. The smallest absolute Gasteiger partial charge is 0.335 e. The number of hydrogen-bond acceptors (Lipinski definition) is 6. The zero-order valence-corrected chi connectivity index (χ0v) is 22.3. The number of fused-ring (bicyclic) bond motifs is 1. The van der Waals surface area contributed by atoms with Crippen LogP contribution in [0.25, 0.3) is 0 Å². The van der Waals surface area contributed by atoms with E-state index in [0.717, 1.165) is 12.0 Å². The monoisotopic (exact) mass is 507 g/mol. The largest absolute Gasteiger partial charge is 0.478 e. The molecule has 0 unspecified atom stereocenters. The zero-order valence-electron chi connectivity index (χ0n) is 22.3. The normalized spacial score (nSPS) is 18.4. The van der Waals surface area contributed by atoms with Crippen molar-refractivity contribution in [1.82, 2.24) is 14.8 Å². The predicted octanol–water partition coefficient (Wildman–Crippen LogP) is 3.53. The quantitative estimate of drug-likeness (QED) is 0.527. The van der Waals surface area contributed by atoms with E-state index in [-0.39, 0.29) is 42.0 Å². The van der Waals surface area contributed by atoms with Crippen LogP contribution in [-0.4, -0.2) is 75.8 Å². The summed E-state index contributed by atoms with van der Waals surface area (Å²) in [6.07, 6.45) is 2.12. The van der Waals surface area contributed by atoms with Crippen molar-refractivity contribution >= 4 is 11.9 Å². The molecule has 37 heavy (non-hydrogen) atoms. The second-order valence-corrected chi connectivity index (χ2v) is 10.3. The minimum absolute atomic E-state index is 0.0322. The number of rotatable bonds is 8. The molecule has 1 aliphatic heterocycles. The van der Waals surface area contributed by atoms with Crippen LogP contribution in [0.4, 0.5) is 0 Å². The molecule has 3 atom stereocenters. The minimum atomic E-state index is -0.951. The highest BCUT2D eigenvalue weighted by molar-refractivity contribution is 5.97. The first-order chi connectivity index (χ1) is 17.6. The number of hydrogen-bond donors (Lipinski definition) is 2. The number of aromatic nitrogens is 1. The summed E-state index contributed by atoms with van der Waals surface area (Å²) in [4.78, 5) is 32.9. The first-order valence-electron chi connectivity index (χ1n) is 12.7. The SMILES string of the molecule is CC(C)CC#Cc1cnc2c(c1)C(=O)N([C@@H](C)CO)C[C@H](C)[C@H](CN(C)Cc1ccc(C(=O)O)cc1)O2. The van der Waals surface area contributed by atoms with Crippen LogP contribution in [0, 0.1) is 23.7 Å². The Morgan fingerprint density at radius 2 is 1.97 bits per heavy atom. The predicted molar refractivity (Wildman–Crippen MR) is 141 cm³/mol. The molecule has 1 amide bonds. The summed E-state index contributed by atoms with van der Waals surface area (Å²) in [7, 11) is 1.97. The van der Waals surface area contributed by atoms with Crippen molar-refractivity contribution in [2.45, 2.75) is 52.8 Å². The molecule has 198 valence electrons. The maximum atomic E-state index is 13.5. The Labute approximate surface area is 219 Å². The number of nitrogens with zero attached hydrogens (tertiary/aromatic N) is 3. The Bertz CT molecular complexity index is 1150. The van der Waals surface area contributed by atoms with Gasteiger partial charge in [-0.3, -0.25) is 9.69 Å². The molecule has 1 aromatic carbocycles. The van der Waals surface area contributed by atoms with Crippen LogP contribution in [0.2, 0.25) is 0 Å². The number of ether oxygens (including phenoxy) is 1. The summed E-state index contributed by atoms with van der Waals surface area (Å²) in [6, 6.07) is 8.19. The fraction of sp³-hybridized carbons (Fsp3) is 0.483. The Morgan fingerprint density at radius 1 is 1.27 bits per heavy atom. The summed E-state index contributed by atoms with van der Waals surface area (Å²) in [5.41, 5.74) is 2.24. The second-order valence-electron chi connectivity index (χ2n) is 10.3. The van der Waals surface area contributed by atoms with Crippen molar-refractivity contribution in [1.29, 1.82) is 0 Å². The van der Waals surface area contributed by atoms with E-state index in [1.165, 1.54) is 0 Å². The molecule has 3 rings (SSSR count). The van der Waals surface area contributed by atoms with E-state index in [0.29, 0.717) is 36.7 Å². The number of carbonyl (C=O) groups excluding carboxylic acids is 1. The van der Waals surface area contributed by atoms with Gasteiger partial charge in [0.1, 0.15) is 11.7 Å². The minimum Gasteiger partial charge on any atom is -0.478 e. The highest BCUT2D eigenvalue weighted by Crippen LogP contribution is 2.27. The molecule has 8 nitrogen and oxygen atoms in total. The molecule has 0 radical (unpaired) electrons. The van der Waals surface area contributed by atoms with Crippen LogP contribution in [0.3, 0.4) is 0 Å². The third-order valence-electron chi connectivity index (χ3n) is 6.41. The van der Waals surface area contributed by atoms with Crippen molar-refractivity contribution in [2.24, 2.45) is 11.8 Å². The van der Waals surface area contributed by atoms with Gasteiger partial charge in [0.25, 0.3) is 5.91 Å². The van der Waals surface area contributed by atoms with Gasteiger partial charge in [0, 0.05) is 43.7 Å². The zero-order chi connectivity index (χ0) is 27.1. The lowest BCUT2D eigenvalue weighted by atomic mass is 9.99. The maximum absolute atomic E-state index is 13.5. The van der Waals surface area contributed by atoms with Gasteiger partial charge < -0.3 is 19.8 Å².